The summed E-state index contributed by atoms with van der Waals surface area (Å²) in [4.78, 5) is 27.5. The van der Waals surface area contributed by atoms with E-state index in [2.05, 4.69) is 27.6 Å². The summed E-state index contributed by atoms with van der Waals surface area (Å²) in [5, 5.41) is 20.2. The maximum atomic E-state index is 13.0. The number of carbonyl (C=O) groups excluding carboxylic acids is 2. The summed E-state index contributed by atoms with van der Waals surface area (Å²) < 4.78 is 0. The first-order valence-corrected chi connectivity index (χ1v) is 9.80. The van der Waals surface area contributed by atoms with Gasteiger partial charge in [0.25, 0.3) is 5.91 Å². The van der Waals surface area contributed by atoms with E-state index in [1.54, 1.807) is 13.8 Å². The molecule has 7 heteroatoms. The molecule has 0 radical (unpaired) electrons. The lowest BCUT2D eigenvalue weighted by molar-refractivity contribution is -0.136. The zero-order valence-electron chi connectivity index (χ0n) is 16.2. The van der Waals surface area contributed by atoms with Gasteiger partial charge in [0, 0.05) is 24.7 Å². The van der Waals surface area contributed by atoms with E-state index in [1.165, 1.54) is 11.1 Å². The molecule has 0 bridgehead atoms. The van der Waals surface area contributed by atoms with Crippen molar-refractivity contribution in [2.24, 2.45) is 5.92 Å². The van der Waals surface area contributed by atoms with Gasteiger partial charge in [0.2, 0.25) is 5.91 Å². The molecule has 3 atom stereocenters. The quantitative estimate of drug-likeness (QED) is 0.749. The molecule has 2 amide bonds. The Kier molecular flexibility index (Phi) is 4.93. The van der Waals surface area contributed by atoms with Gasteiger partial charge in [-0.1, -0.05) is 24.3 Å². The average molecular weight is 382 g/mol. The Morgan fingerprint density at radius 1 is 1.21 bits per heavy atom. The zero-order valence-corrected chi connectivity index (χ0v) is 16.2. The normalized spacial score (nSPS) is 24.1. The Bertz CT molecular complexity index is 887. The molecule has 0 unspecified atom stereocenters. The summed E-state index contributed by atoms with van der Waals surface area (Å²) in [5.74, 6) is -0.453. The molecule has 1 aromatic carbocycles. The Morgan fingerprint density at radius 3 is 2.68 bits per heavy atom. The smallest absolute Gasteiger partial charge is 0.255 e. The molecule has 2 heterocycles. The number of H-pyrrole nitrogens is 1. The first-order valence-electron chi connectivity index (χ1n) is 9.80. The predicted octanol–water partition coefficient (Wildman–Crippen LogP) is 1.48. The summed E-state index contributed by atoms with van der Waals surface area (Å²) in [7, 11) is 0. The highest BCUT2D eigenvalue weighted by Crippen LogP contribution is 2.30. The van der Waals surface area contributed by atoms with Crippen molar-refractivity contribution in [1.29, 1.82) is 0 Å². The number of hydrogen-bond acceptors (Lipinski definition) is 4. The lowest BCUT2D eigenvalue weighted by Crippen LogP contribution is -2.41. The fraction of sp³-hybridized carbons (Fsp3) is 0.476. The molecule has 1 aliphatic heterocycles. The third-order valence-electron chi connectivity index (χ3n) is 5.99. The van der Waals surface area contributed by atoms with E-state index in [-0.39, 0.29) is 17.7 Å². The van der Waals surface area contributed by atoms with Gasteiger partial charge < -0.3 is 15.3 Å². The van der Waals surface area contributed by atoms with E-state index < -0.39 is 12.1 Å². The van der Waals surface area contributed by atoms with Crippen LogP contribution in [0.15, 0.2) is 24.3 Å². The largest absolute Gasteiger partial charge is 0.391 e. The number of nitrogens with one attached hydrogen (secondary N) is 2. The van der Waals surface area contributed by atoms with E-state index in [0.717, 1.165) is 6.42 Å². The zero-order chi connectivity index (χ0) is 19.8. The number of rotatable bonds is 3. The number of carbonyl (C=O) groups is 2. The van der Waals surface area contributed by atoms with Gasteiger partial charge in [-0.2, -0.15) is 5.10 Å². The number of nitrogens with zero attached hydrogens (tertiary/aromatic N) is 2. The van der Waals surface area contributed by atoms with Crippen molar-refractivity contribution in [3.63, 3.8) is 0 Å². The van der Waals surface area contributed by atoms with Gasteiger partial charge in [-0.05, 0) is 44.2 Å². The van der Waals surface area contributed by atoms with Gasteiger partial charge >= 0.3 is 0 Å². The third-order valence-corrected chi connectivity index (χ3v) is 5.99. The van der Waals surface area contributed by atoms with E-state index in [4.69, 9.17) is 0 Å². The van der Waals surface area contributed by atoms with Crippen molar-refractivity contribution in [2.45, 2.75) is 51.8 Å². The van der Waals surface area contributed by atoms with Crippen LogP contribution in [-0.4, -0.2) is 50.7 Å². The van der Waals surface area contributed by atoms with Gasteiger partial charge in [-0.25, -0.2) is 0 Å². The van der Waals surface area contributed by atoms with Crippen molar-refractivity contribution in [3.8, 4) is 0 Å². The molecule has 1 aliphatic carbocycles. The third kappa shape index (κ3) is 3.42. The number of amides is 2. The molecular weight excluding hydrogens is 356 g/mol. The Labute approximate surface area is 164 Å². The molecule has 1 saturated carbocycles. The summed E-state index contributed by atoms with van der Waals surface area (Å²) in [5.41, 5.74) is 4.32. The van der Waals surface area contributed by atoms with Crippen LogP contribution >= 0.6 is 0 Å². The molecular formula is C21H26N4O3. The lowest BCUT2D eigenvalue weighted by atomic mass is 9.97. The monoisotopic (exact) mass is 382 g/mol. The van der Waals surface area contributed by atoms with Crippen LogP contribution in [0.2, 0.25) is 0 Å². The fourth-order valence-electron chi connectivity index (χ4n) is 4.44. The van der Waals surface area contributed by atoms with Crippen molar-refractivity contribution in [3.05, 3.63) is 52.3 Å². The lowest BCUT2D eigenvalue weighted by Gasteiger charge is -2.31. The second-order valence-electron chi connectivity index (χ2n) is 7.90. The van der Waals surface area contributed by atoms with Crippen LogP contribution in [0, 0.1) is 19.8 Å². The van der Waals surface area contributed by atoms with Gasteiger partial charge in [0.1, 0.15) is 0 Å². The van der Waals surface area contributed by atoms with E-state index in [1.807, 2.05) is 17.0 Å². The number of aryl methyl sites for hydroxylation is 2. The van der Waals surface area contributed by atoms with Crippen LogP contribution in [0.1, 0.15) is 45.7 Å². The van der Waals surface area contributed by atoms with Gasteiger partial charge in [-0.15, -0.1) is 0 Å². The highest BCUT2D eigenvalue weighted by Gasteiger charge is 2.40. The topological polar surface area (TPSA) is 98.3 Å². The molecule has 2 aliphatic rings. The Hall–Kier alpha value is -2.67. The summed E-state index contributed by atoms with van der Waals surface area (Å²) in [6.45, 7) is 4.88. The summed E-state index contributed by atoms with van der Waals surface area (Å²) in [6, 6.07) is 7.78. The maximum Gasteiger partial charge on any atom is 0.255 e. The first-order chi connectivity index (χ1) is 13.4. The van der Waals surface area contributed by atoms with E-state index in [0.29, 0.717) is 42.9 Å². The van der Waals surface area contributed by atoms with E-state index >= 15 is 0 Å². The number of benzene rings is 1. The second-order valence-corrected chi connectivity index (χ2v) is 7.90. The average Bonchev–Trinajstić information content (AvgIpc) is 3.22. The number of fused-ring (bicyclic) bond motifs is 1. The maximum absolute atomic E-state index is 13.0. The molecule has 3 N–H and O–H groups in total. The molecule has 2 aromatic rings. The molecule has 28 heavy (non-hydrogen) atoms. The molecule has 0 saturated heterocycles. The first kappa shape index (κ1) is 18.7. The highest BCUT2D eigenvalue weighted by atomic mass is 16.3. The molecule has 4 rings (SSSR count). The SMILES string of the molecule is Cc1n[nH]c(C)c1C(=O)N[C@H]1C[C@H](C(=O)N2CCc3ccccc3C2)C[C@@H]1O. The van der Waals surface area contributed by atoms with Crippen LogP contribution in [0.5, 0.6) is 0 Å². The van der Waals surface area contributed by atoms with Crippen molar-refractivity contribution >= 4 is 11.8 Å². The fourth-order valence-corrected chi connectivity index (χ4v) is 4.44. The molecule has 0 spiro atoms. The predicted molar refractivity (Wildman–Crippen MR) is 104 cm³/mol. The van der Waals surface area contributed by atoms with Gasteiger partial charge in [0.15, 0.2) is 0 Å². The van der Waals surface area contributed by atoms with Crippen LogP contribution < -0.4 is 5.32 Å². The second kappa shape index (κ2) is 7.39. The number of aliphatic hydroxyl groups excluding tert-OH is 1. The number of aliphatic hydroxyl groups is 1. The Morgan fingerprint density at radius 2 is 1.96 bits per heavy atom. The summed E-state index contributed by atoms with van der Waals surface area (Å²) >= 11 is 0. The minimum absolute atomic E-state index is 0.0703. The van der Waals surface area contributed by atoms with Gasteiger partial charge in [-0.3, -0.25) is 14.7 Å². The van der Waals surface area contributed by atoms with Crippen molar-refractivity contribution < 1.29 is 14.7 Å². The number of aromatic amines is 1. The minimum Gasteiger partial charge on any atom is -0.391 e. The van der Waals surface area contributed by atoms with Crippen LogP contribution in [0.25, 0.3) is 0 Å². The van der Waals surface area contributed by atoms with Crippen LogP contribution in [0.3, 0.4) is 0 Å². The van der Waals surface area contributed by atoms with E-state index in [9.17, 15) is 14.7 Å². The standard InChI is InChI=1S/C21H26N4O3/c1-12-19(13(2)24-23-12)20(27)22-17-9-16(10-18(17)26)21(28)25-8-7-14-5-3-4-6-15(14)11-25/h3-6,16-18,26H,7-11H2,1-2H3,(H,22,27)(H,23,24)/t16-,17-,18-/m0/s1. The molecule has 148 valence electrons. The van der Waals surface area contributed by atoms with Crippen molar-refractivity contribution in [2.75, 3.05) is 6.54 Å². The highest BCUT2D eigenvalue weighted by molar-refractivity contribution is 5.96. The van der Waals surface area contributed by atoms with Crippen LogP contribution in [-0.2, 0) is 17.8 Å². The summed E-state index contributed by atoms with van der Waals surface area (Å²) in [6.07, 6.45) is 0.976. The molecule has 1 fully saturated rings. The van der Waals surface area contributed by atoms with Crippen LogP contribution in [0.4, 0.5) is 0 Å². The van der Waals surface area contributed by atoms with Crippen molar-refractivity contribution in [1.82, 2.24) is 20.4 Å². The number of aromatic nitrogens is 2. The van der Waals surface area contributed by atoms with Gasteiger partial charge in [0.05, 0.1) is 23.4 Å². The minimum atomic E-state index is -0.720. The number of hydrogen-bond donors (Lipinski definition) is 3. The molecule has 1 aromatic heterocycles. The Balaban J connectivity index is 1.40. The molecule has 7 nitrogen and oxygen atoms in total.